The molecule has 1 heterocycles. The molecule has 0 aliphatic rings. The number of aromatic nitrogens is 2. The van der Waals surface area contributed by atoms with Crippen LogP contribution in [0.3, 0.4) is 0 Å². The molecule has 0 fully saturated rings. The number of nitrogens with zero attached hydrogens (tertiary/aromatic N) is 3. The van der Waals surface area contributed by atoms with Crippen molar-refractivity contribution in [1.29, 1.82) is 5.26 Å². The second-order valence-corrected chi connectivity index (χ2v) is 6.84. The number of fused-ring (bicyclic) bond motifs is 1. The number of nitriles is 1. The van der Waals surface area contributed by atoms with Crippen molar-refractivity contribution in [1.82, 2.24) is 9.55 Å². The van der Waals surface area contributed by atoms with Crippen molar-refractivity contribution in [2.24, 2.45) is 0 Å². The molecule has 0 saturated heterocycles. The fourth-order valence-corrected chi connectivity index (χ4v) is 3.40. The second-order valence-electron chi connectivity index (χ2n) is 5.90. The van der Waals surface area contributed by atoms with Gasteiger partial charge in [-0.3, -0.25) is 9.36 Å². The van der Waals surface area contributed by atoms with Gasteiger partial charge in [0.15, 0.2) is 5.16 Å². The van der Waals surface area contributed by atoms with Gasteiger partial charge in [0.05, 0.1) is 28.4 Å². The lowest BCUT2D eigenvalue weighted by Gasteiger charge is -2.14. The summed E-state index contributed by atoms with van der Waals surface area (Å²) in [6, 6.07) is 17.4. The maximum absolute atomic E-state index is 13.0. The minimum absolute atomic E-state index is 0.109. The van der Waals surface area contributed by atoms with Crippen molar-refractivity contribution in [2.75, 3.05) is 5.75 Å². The molecule has 0 saturated carbocycles. The standard InChI is InChI=1S/C20H19N3OS/c1-3-14(2)15-8-10-16(11-9-15)23-19(24)17-6-4-5-7-18(17)22-20(23)25-13-12-21/h4-11,14H,3,13H2,1-2H3/t14-/m1/s1. The second kappa shape index (κ2) is 7.54. The van der Waals surface area contributed by atoms with E-state index >= 15 is 0 Å². The summed E-state index contributed by atoms with van der Waals surface area (Å²) in [6.07, 6.45) is 1.07. The van der Waals surface area contributed by atoms with Crippen molar-refractivity contribution < 1.29 is 0 Å². The Kier molecular flexibility index (Phi) is 5.20. The van der Waals surface area contributed by atoms with Gasteiger partial charge in [-0.15, -0.1) is 0 Å². The van der Waals surface area contributed by atoms with E-state index < -0.39 is 0 Å². The Balaban J connectivity index is 2.18. The summed E-state index contributed by atoms with van der Waals surface area (Å²) < 4.78 is 1.60. The molecule has 0 aliphatic carbocycles. The van der Waals surface area contributed by atoms with E-state index in [0.29, 0.717) is 22.0 Å². The van der Waals surface area contributed by atoms with Crippen molar-refractivity contribution in [2.45, 2.75) is 31.3 Å². The summed E-state index contributed by atoms with van der Waals surface area (Å²) in [5, 5.41) is 10.0. The number of rotatable bonds is 5. The van der Waals surface area contributed by atoms with Crippen LogP contribution in [0.25, 0.3) is 16.6 Å². The van der Waals surface area contributed by atoms with Gasteiger partial charge in [0.25, 0.3) is 5.56 Å². The van der Waals surface area contributed by atoms with E-state index in [1.54, 1.807) is 10.6 Å². The Morgan fingerprint density at radius 1 is 1.20 bits per heavy atom. The maximum Gasteiger partial charge on any atom is 0.266 e. The predicted octanol–water partition coefficient (Wildman–Crippen LogP) is 4.51. The third kappa shape index (κ3) is 3.45. The van der Waals surface area contributed by atoms with Crippen LogP contribution in [0.1, 0.15) is 31.7 Å². The highest BCUT2D eigenvalue weighted by Gasteiger charge is 2.13. The summed E-state index contributed by atoms with van der Waals surface area (Å²) in [6.45, 7) is 4.35. The highest BCUT2D eigenvalue weighted by atomic mass is 32.2. The SMILES string of the molecule is CC[C@@H](C)c1ccc(-n2c(SCC#N)nc3ccccc3c2=O)cc1. The number of thioether (sulfide) groups is 1. The first-order valence-corrected chi connectivity index (χ1v) is 9.26. The van der Waals surface area contributed by atoms with Crippen LogP contribution in [0, 0.1) is 11.3 Å². The molecule has 126 valence electrons. The van der Waals surface area contributed by atoms with Crippen LogP contribution < -0.4 is 5.56 Å². The van der Waals surface area contributed by atoms with Crippen LogP contribution in [-0.2, 0) is 0 Å². The Hall–Kier alpha value is -2.58. The van der Waals surface area contributed by atoms with Crippen molar-refractivity contribution in [3.05, 3.63) is 64.4 Å². The van der Waals surface area contributed by atoms with Gasteiger partial charge in [0, 0.05) is 0 Å². The van der Waals surface area contributed by atoms with Crippen LogP contribution in [0.4, 0.5) is 0 Å². The zero-order chi connectivity index (χ0) is 17.8. The molecule has 0 bridgehead atoms. The third-order valence-corrected chi connectivity index (χ3v) is 5.15. The lowest BCUT2D eigenvalue weighted by atomic mass is 9.98. The van der Waals surface area contributed by atoms with E-state index in [1.807, 2.05) is 30.3 Å². The fraction of sp³-hybridized carbons (Fsp3) is 0.250. The Morgan fingerprint density at radius 2 is 1.92 bits per heavy atom. The van der Waals surface area contributed by atoms with Gasteiger partial charge >= 0.3 is 0 Å². The summed E-state index contributed by atoms with van der Waals surface area (Å²) in [4.78, 5) is 17.6. The van der Waals surface area contributed by atoms with Gasteiger partial charge in [0.2, 0.25) is 0 Å². The molecule has 0 spiro atoms. The van der Waals surface area contributed by atoms with Gasteiger partial charge in [-0.25, -0.2) is 4.98 Å². The van der Waals surface area contributed by atoms with Crippen LogP contribution in [0.2, 0.25) is 0 Å². The maximum atomic E-state index is 13.0. The molecule has 25 heavy (non-hydrogen) atoms. The highest BCUT2D eigenvalue weighted by molar-refractivity contribution is 7.99. The smallest absolute Gasteiger partial charge is 0.266 e. The van der Waals surface area contributed by atoms with Crippen LogP contribution in [0.15, 0.2) is 58.5 Å². The van der Waals surface area contributed by atoms with E-state index in [9.17, 15) is 4.79 Å². The summed E-state index contributed by atoms with van der Waals surface area (Å²) in [5.74, 6) is 0.725. The molecule has 4 nitrogen and oxygen atoms in total. The summed E-state index contributed by atoms with van der Waals surface area (Å²) in [7, 11) is 0. The molecule has 5 heteroatoms. The largest absolute Gasteiger partial charge is 0.268 e. The van der Waals surface area contributed by atoms with Gasteiger partial charge in [0.1, 0.15) is 0 Å². The van der Waals surface area contributed by atoms with Crippen molar-refractivity contribution >= 4 is 22.7 Å². The molecule has 0 amide bonds. The molecule has 3 aromatic rings. The number of para-hydroxylation sites is 1. The first-order valence-electron chi connectivity index (χ1n) is 8.27. The molecule has 0 unspecified atom stereocenters. The number of hydrogen-bond acceptors (Lipinski definition) is 4. The zero-order valence-corrected chi connectivity index (χ0v) is 15.1. The average molecular weight is 349 g/mol. The average Bonchev–Trinajstić information content (AvgIpc) is 2.66. The fourth-order valence-electron chi connectivity index (χ4n) is 2.72. The van der Waals surface area contributed by atoms with Crippen LogP contribution >= 0.6 is 11.8 Å². The van der Waals surface area contributed by atoms with E-state index in [2.05, 4.69) is 37.0 Å². The number of benzene rings is 2. The van der Waals surface area contributed by atoms with E-state index in [1.165, 1.54) is 17.3 Å². The third-order valence-electron chi connectivity index (χ3n) is 4.34. The molecule has 0 N–H and O–H groups in total. The van der Waals surface area contributed by atoms with Crippen LogP contribution in [0.5, 0.6) is 0 Å². The molecular weight excluding hydrogens is 330 g/mol. The number of hydrogen-bond donors (Lipinski definition) is 0. The molecular formula is C20H19N3OS. The first-order chi connectivity index (χ1) is 12.2. The van der Waals surface area contributed by atoms with Crippen molar-refractivity contribution in [3.63, 3.8) is 0 Å². The van der Waals surface area contributed by atoms with Gasteiger partial charge in [-0.2, -0.15) is 5.26 Å². The van der Waals surface area contributed by atoms with E-state index in [-0.39, 0.29) is 11.3 Å². The molecule has 1 aromatic heterocycles. The van der Waals surface area contributed by atoms with Gasteiger partial charge < -0.3 is 0 Å². The Labute approximate surface area is 151 Å². The minimum atomic E-state index is -0.109. The zero-order valence-electron chi connectivity index (χ0n) is 14.3. The molecule has 0 aliphatic heterocycles. The molecule has 3 rings (SSSR count). The quantitative estimate of drug-likeness (QED) is 0.502. The Morgan fingerprint density at radius 3 is 2.60 bits per heavy atom. The van der Waals surface area contributed by atoms with Gasteiger partial charge in [-0.1, -0.05) is 49.9 Å². The van der Waals surface area contributed by atoms with E-state index in [0.717, 1.165) is 12.1 Å². The molecule has 2 aromatic carbocycles. The summed E-state index contributed by atoms with van der Waals surface area (Å²) in [5.41, 5.74) is 2.57. The van der Waals surface area contributed by atoms with Gasteiger partial charge in [-0.05, 0) is 42.2 Å². The van der Waals surface area contributed by atoms with Crippen molar-refractivity contribution in [3.8, 4) is 11.8 Å². The lowest BCUT2D eigenvalue weighted by molar-refractivity contribution is 0.732. The highest BCUT2D eigenvalue weighted by Crippen LogP contribution is 2.23. The van der Waals surface area contributed by atoms with E-state index in [4.69, 9.17) is 5.26 Å². The molecule has 0 radical (unpaired) electrons. The topological polar surface area (TPSA) is 58.7 Å². The monoisotopic (exact) mass is 349 g/mol. The first kappa shape index (κ1) is 17.2. The lowest BCUT2D eigenvalue weighted by Crippen LogP contribution is -2.21. The van der Waals surface area contributed by atoms with Crippen LogP contribution in [-0.4, -0.2) is 15.3 Å². The summed E-state index contributed by atoms with van der Waals surface area (Å²) >= 11 is 1.28. The predicted molar refractivity (Wildman–Crippen MR) is 102 cm³/mol. The Bertz CT molecular complexity index is 986. The molecule has 1 atom stereocenters. The normalized spacial score (nSPS) is 12.0. The minimum Gasteiger partial charge on any atom is -0.268 e.